The van der Waals surface area contributed by atoms with Crippen molar-refractivity contribution < 1.29 is 14.3 Å². The number of nitrogens with one attached hydrogen (secondary N) is 2. The first-order valence-electron chi connectivity index (χ1n) is 9.48. The summed E-state index contributed by atoms with van der Waals surface area (Å²) in [5.74, 6) is -0.236. The molecule has 0 saturated carbocycles. The second-order valence-corrected chi connectivity index (χ2v) is 6.54. The van der Waals surface area contributed by atoms with Crippen LogP contribution in [0.5, 0.6) is 0 Å². The monoisotopic (exact) mass is 383 g/mol. The van der Waals surface area contributed by atoms with E-state index in [9.17, 15) is 9.59 Å². The standard InChI is InChI=1S/C20H25N5O3/c1-2-28-20(27)25-11-8-15(9-12-25)24-17-6-7-18(22-14-17)19(26)23-13-16-5-3-4-10-21-16/h3-7,10,14-15,24H,2,8-9,11-13H2,1H3,(H,23,26). The summed E-state index contributed by atoms with van der Waals surface area (Å²) < 4.78 is 5.03. The molecular weight excluding hydrogens is 358 g/mol. The van der Waals surface area contributed by atoms with Crippen LogP contribution in [-0.4, -0.2) is 52.6 Å². The summed E-state index contributed by atoms with van der Waals surface area (Å²) in [6, 6.07) is 9.37. The zero-order chi connectivity index (χ0) is 19.8. The molecule has 148 valence electrons. The van der Waals surface area contributed by atoms with Crippen molar-refractivity contribution in [3.05, 3.63) is 54.1 Å². The fourth-order valence-electron chi connectivity index (χ4n) is 3.03. The summed E-state index contributed by atoms with van der Waals surface area (Å²) in [7, 11) is 0. The number of hydrogen-bond acceptors (Lipinski definition) is 6. The van der Waals surface area contributed by atoms with Crippen LogP contribution in [0.25, 0.3) is 0 Å². The fourth-order valence-corrected chi connectivity index (χ4v) is 3.03. The number of piperidine rings is 1. The zero-order valence-corrected chi connectivity index (χ0v) is 15.9. The second-order valence-electron chi connectivity index (χ2n) is 6.54. The van der Waals surface area contributed by atoms with E-state index in [1.54, 1.807) is 23.4 Å². The number of anilines is 1. The van der Waals surface area contributed by atoms with Crippen molar-refractivity contribution in [3.63, 3.8) is 0 Å². The van der Waals surface area contributed by atoms with E-state index in [4.69, 9.17) is 4.74 Å². The van der Waals surface area contributed by atoms with E-state index in [2.05, 4.69) is 20.6 Å². The first-order chi connectivity index (χ1) is 13.7. The number of hydrogen-bond donors (Lipinski definition) is 2. The highest BCUT2D eigenvalue weighted by molar-refractivity contribution is 5.92. The van der Waals surface area contributed by atoms with Crippen LogP contribution in [0, 0.1) is 0 Å². The second kappa shape index (κ2) is 9.68. The number of amides is 2. The van der Waals surface area contributed by atoms with E-state index < -0.39 is 0 Å². The van der Waals surface area contributed by atoms with Crippen molar-refractivity contribution >= 4 is 17.7 Å². The number of carbonyl (C=O) groups is 2. The van der Waals surface area contributed by atoms with Crippen molar-refractivity contribution in [3.8, 4) is 0 Å². The third-order valence-corrected chi connectivity index (χ3v) is 4.54. The molecule has 1 fully saturated rings. The highest BCUT2D eigenvalue weighted by Gasteiger charge is 2.23. The molecule has 1 saturated heterocycles. The first-order valence-corrected chi connectivity index (χ1v) is 9.48. The van der Waals surface area contributed by atoms with Crippen LogP contribution in [0.1, 0.15) is 35.9 Å². The van der Waals surface area contributed by atoms with Gasteiger partial charge in [0.15, 0.2) is 0 Å². The lowest BCUT2D eigenvalue weighted by atomic mass is 10.1. The lowest BCUT2D eigenvalue weighted by Crippen LogP contribution is -2.42. The molecule has 2 aromatic heterocycles. The Labute approximate surface area is 164 Å². The van der Waals surface area contributed by atoms with Crippen molar-refractivity contribution in [2.24, 2.45) is 0 Å². The molecule has 3 rings (SSSR count). The number of rotatable bonds is 6. The van der Waals surface area contributed by atoms with Crippen LogP contribution in [0.15, 0.2) is 42.7 Å². The lowest BCUT2D eigenvalue weighted by molar-refractivity contribution is 0.0944. The molecule has 0 unspecified atom stereocenters. The van der Waals surface area contributed by atoms with Crippen molar-refractivity contribution in [2.75, 3.05) is 25.0 Å². The zero-order valence-electron chi connectivity index (χ0n) is 15.9. The van der Waals surface area contributed by atoms with Crippen LogP contribution < -0.4 is 10.6 Å². The minimum atomic E-state index is -0.247. The van der Waals surface area contributed by atoms with Gasteiger partial charge in [-0.1, -0.05) is 6.07 Å². The Hall–Kier alpha value is -3.16. The number of ether oxygens (including phenoxy) is 1. The van der Waals surface area contributed by atoms with Crippen LogP contribution in [0.2, 0.25) is 0 Å². The normalized spacial score (nSPS) is 14.4. The fraction of sp³-hybridized carbons (Fsp3) is 0.400. The summed E-state index contributed by atoms with van der Waals surface area (Å²) in [5, 5.41) is 6.22. The van der Waals surface area contributed by atoms with Gasteiger partial charge in [-0.15, -0.1) is 0 Å². The Morgan fingerprint density at radius 3 is 2.64 bits per heavy atom. The van der Waals surface area contributed by atoms with Crippen LogP contribution in [0.3, 0.4) is 0 Å². The van der Waals surface area contributed by atoms with Gasteiger partial charge in [0.05, 0.1) is 30.7 Å². The van der Waals surface area contributed by atoms with Crippen LogP contribution in [0.4, 0.5) is 10.5 Å². The molecule has 1 aliphatic heterocycles. The van der Waals surface area contributed by atoms with Gasteiger partial charge in [0, 0.05) is 25.3 Å². The van der Waals surface area contributed by atoms with E-state index in [1.165, 1.54) is 0 Å². The predicted molar refractivity (Wildman–Crippen MR) is 105 cm³/mol. The Morgan fingerprint density at radius 1 is 1.18 bits per heavy atom. The molecule has 2 aromatic rings. The van der Waals surface area contributed by atoms with Gasteiger partial charge in [0.25, 0.3) is 5.91 Å². The van der Waals surface area contributed by atoms with E-state index >= 15 is 0 Å². The van der Waals surface area contributed by atoms with Gasteiger partial charge < -0.3 is 20.3 Å². The van der Waals surface area contributed by atoms with Crippen LogP contribution >= 0.6 is 0 Å². The maximum absolute atomic E-state index is 12.2. The van der Waals surface area contributed by atoms with Gasteiger partial charge in [-0.2, -0.15) is 0 Å². The molecule has 0 bridgehead atoms. The van der Waals surface area contributed by atoms with Gasteiger partial charge in [0.2, 0.25) is 0 Å². The third kappa shape index (κ3) is 5.42. The Morgan fingerprint density at radius 2 is 2.00 bits per heavy atom. The summed E-state index contributed by atoms with van der Waals surface area (Å²) >= 11 is 0. The molecule has 0 spiro atoms. The van der Waals surface area contributed by atoms with Gasteiger partial charge >= 0.3 is 6.09 Å². The number of carbonyl (C=O) groups excluding carboxylic acids is 2. The van der Waals surface area contributed by atoms with Crippen molar-refractivity contribution in [1.82, 2.24) is 20.2 Å². The molecule has 2 N–H and O–H groups in total. The minimum Gasteiger partial charge on any atom is -0.450 e. The number of nitrogens with zero attached hydrogens (tertiary/aromatic N) is 3. The smallest absolute Gasteiger partial charge is 0.409 e. The van der Waals surface area contributed by atoms with E-state index in [-0.39, 0.29) is 18.0 Å². The van der Waals surface area contributed by atoms with E-state index in [0.717, 1.165) is 24.2 Å². The summed E-state index contributed by atoms with van der Waals surface area (Å²) in [6.07, 6.45) is 4.78. The molecule has 1 aliphatic rings. The highest BCUT2D eigenvalue weighted by atomic mass is 16.6. The number of aromatic nitrogens is 2. The first kappa shape index (κ1) is 19.6. The highest BCUT2D eigenvalue weighted by Crippen LogP contribution is 2.17. The van der Waals surface area contributed by atoms with Crippen LogP contribution in [-0.2, 0) is 11.3 Å². The molecule has 0 aromatic carbocycles. The van der Waals surface area contributed by atoms with E-state index in [1.807, 2.05) is 31.2 Å². The van der Waals surface area contributed by atoms with Gasteiger partial charge in [-0.25, -0.2) is 9.78 Å². The largest absolute Gasteiger partial charge is 0.450 e. The summed E-state index contributed by atoms with van der Waals surface area (Å²) in [4.78, 5) is 34.1. The molecule has 0 radical (unpaired) electrons. The number of pyridine rings is 2. The predicted octanol–water partition coefficient (Wildman–Crippen LogP) is 2.44. The maximum Gasteiger partial charge on any atom is 0.409 e. The molecule has 0 aliphatic carbocycles. The molecule has 28 heavy (non-hydrogen) atoms. The Balaban J connectivity index is 1.45. The molecule has 3 heterocycles. The third-order valence-electron chi connectivity index (χ3n) is 4.54. The van der Waals surface area contributed by atoms with Crippen molar-refractivity contribution in [2.45, 2.75) is 32.4 Å². The molecule has 8 heteroatoms. The SMILES string of the molecule is CCOC(=O)N1CCC(Nc2ccc(C(=O)NCc3ccccn3)nc2)CC1. The molecule has 8 nitrogen and oxygen atoms in total. The van der Waals surface area contributed by atoms with Gasteiger partial charge in [0.1, 0.15) is 5.69 Å². The summed E-state index contributed by atoms with van der Waals surface area (Å²) in [5.41, 5.74) is 2.01. The average Bonchev–Trinajstić information content (AvgIpc) is 2.74. The number of likely N-dealkylation sites (tertiary alicyclic amines) is 1. The molecule has 0 atom stereocenters. The summed E-state index contributed by atoms with van der Waals surface area (Å²) in [6.45, 7) is 3.89. The lowest BCUT2D eigenvalue weighted by Gasteiger charge is -2.32. The van der Waals surface area contributed by atoms with Gasteiger partial charge in [-0.05, 0) is 44.0 Å². The van der Waals surface area contributed by atoms with Gasteiger partial charge in [-0.3, -0.25) is 9.78 Å². The minimum absolute atomic E-state index is 0.236. The average molecular weight is 383 g/mol. The maximum atomic E-state index is 12.2. The molecule has 2 amide bonds. The topological polar surface area (TPSA) is 96.5 Å². The van der Waals surface area contributed by atoms with E-state index in [0.29, 0.717) is 31.9 Å². The quantitative estimate of drug-likeness (QED) is 0.795. The Kier molecular flexibility index (Phi) is 6.78. The Bertz CT molecular complexity index is 774. The van der Waals surface area contributed by atoms with Crippen molar-refractivity contribution in [1.29, 1.82) is 0 Å². The molecular formula is C20H25N5O3.